The fraction of sp³-hybridized carbons (Fsp3) is 0.600. The monoisotopic (exact) mass is 333 g/mol. The van der Waals surface area contributed by atoms with Crippen LogP contribution < -0.4 is 0 Å². The van der Waals surface area contributed by atoms with Gasteiger partial charge in [-0.2, -0.15) is 4.31 Å². The number of hydrogen-bond donors (Lipinski definition) is 0. The summed E-state index contributed by atoms with van der Waals surface area (Å²) in [5, 5.41) is 0. The zero-order valence-electron chi connectivity index (χ0n) is 12.6. The Morgan fingerprint density at radius 1 is 1.38 bits per heavy atom. The maximum absolute atomic E-state index is 13.9. The molecule has 118 valence electrons. The molecule has 0 aromatic heterocycles. The molecule has 21 heavy (non-hydrogen) atoms. The van der Waals surface area contributed by atoms with Gasteiger partial charge in [-0.05, 0) is 50.3 Å². The van der Waals surface area contributed by atoms with E-state index in [-0.39, 0.29) is 22.4 Å². The van der Waals surface area contributed by atoms with Crippen molar-refractivity contribution in [3.05, 3.63) is 29.1 Å². The van der Waals surface area contributed by atoms with Gasteiger partial charge < -0.3 is 0 Å². The molecule has 6 heteroatoms. The van der Waals surface area contributed by atoms with Crippen LogP contribution in [0, 0.1) is 18.7 Å². The van der Waals surface area contributed by atoms with Gasteiger partial charge in [0.05, 0.1) is 10.8 Å². The highest BCUT2D eigenvalue weighted by Crippen LogP contribution is 2.30. The number of rotatable bonds is 3. The molecular weight excluding hydrogens is 313 g/mol. The third-order valence-electron chi connectivity index (χ3n) is 4.37. The summed E-state index contributed by atoms with van der Waals surface area (Å²) in [6, 6.07) is 2.71. The average Bonchev–Trinajstić information content (AvgIpc) is 2.44. The quantitative estimate of drug-likeness (QED) is 0.791. The van der Waals surface area contributed by atoms with Crippen molar-refractivity contribution in [3.8, 4) is 0 Å². The molecule has 2 atom stereocenters. The van der Waals surface area contributed by atoms with Crippen molar-refractivity contribution >= 4 is 21.6 Å². The van der Waals surface area contributed by atoms with Gasteiger partial charge in [-0.3, -0.25) is 0 Å². The predicted octanol–water partition coefficient (Wildman–Crippen LogP) is 3.68. The lowest BCUT2D eigenvalue weighted by Crippen LogP contribution is -2.45. The number of aryl methyl sites for hydroxylation is 1. The Bertz CT molecular complexity index is 633. The van der Waals surface area contributed by atoms with Gasteiger partial charge in [0.15, 0.2) is 0 Å². The van der Waals surface area contributed by atoms with Crippen LogP contribution in [0.2, 0.25) is 0 Å². The largest absolute Gasteiger partial charge is 0.243 e. The molecular formula is C15H21ClFNO2S. The van der Waals surface area contributed by atoms with Crippen molar-refractivity contribution in [1.29, 1.82) is 0 Å². The van der Waals surface area contributed by atoms with Crippen molar-refractivity contribution in [2.24, 2.45) is 5.92 Å². The van der Waals surface area contributed by atoms with Gasteiger partial charge in [0.2, 0.25) is 10.0 Å². The van der Waals surface area contributed by atoms with Crippen molar-refractivity contribution in [2.75, 3.05) is 6.54 Å². The van der Waals surface area contributed by atoms with E-state index in [9.17, 15) is 12.8 Å². The normalized spacial score (nSPS) is 24.2. The minimum absolute atomic E-state index is 0.0397. The molecule has 1 aromatic rings. The summed E-state index contributed by atoms with van der Waals surface area (Å²) in [5.74, 6) is -0.145. The first-order valence-corrected chi connectivity index (χ1v) is 9.13. The van der Waals surface area contributed by atoms with E-state index >= 15 is 0 Å². The Balaban J connectivity index is 2.46. The summed E-state index contributed by atoms with van der Waals surface area (Å²) in [7, 11) is -3.61. The topological polar surface area (TPSA) is 37.4 Å². The highest BCUT2D eigenvalue weighted by Gasteiger charge is 2.35. The van der Waals surface area contributed by atoms with Crippen LogP contribution in [0.1, 0.15) is 37.8 Å². The molecule has 2 unspecified atom stereocenters. The lowest BCUT2D eigenvalue weighted by atomic mass is 9.94. The molecule has 1 fully saturated rings. The Labute approximate surface area is 131 Å². The van der Waals surface area contributed by atoms with Crippen LogP contribution in [0.4, 0.5) is 4.39 Å². The maximum Gasteiger partial charge on any atom is 0.243 e. The Kier molecular flexibility index (Phi) is 4.96. The first-order valence-electron chi connectivity index (χ1n) is 7.16. The molecule has 0 amide bonds. The fourth-order valence-electron chi connectivity index (χ4n) is 2.83. The van der Waals surface area contributed by atoms with Gasteiger partial charge in [-0.15, -0.1) is 11.6 Å². The van der Waals surface area contributed by atoms with Crippen LogP contribution in [0.5, 0.6) is 0 Å². The molecule has 1 aliphatic rings. The van der Waals surface area contributed by atoms with E-state index < -0.39 is 15.8 Å². The van der Waals surface area contributed by atoms with Gasteiger partial charge in [0, 0.05) is 18.2 Å². The van der Waals surface area contributed by atoms with Crippen LogP contribution in [0.3, 0.4) is 0 Å². The van der Waals surface area contributed by atoms with Gasteiger partial charge in [-0.1, -0.05) is 6.92 Å². The van der Waals surface area contributed by atoms with E-state index in [1.165, 1.54) is 16.4 Å². The molecule has 1 heterocycles. The number of alkyl halides is 1. The summed E-state index contributed by atoms with van der Waals surface area (Å²) in [4.78, 5) is 0.137. The van der Waals surface area contributed by atoms with E-state index in [1.807, 2.05) is 6.92 Å². The van der Waals surface area contributed by atoms with E-state index in [4.69, 9.17) is 11.6 Å². The lowest BCUT2D eigenvalue weighted by Gasteiger charge is -2.36. The second kappa shape index (κ2) is 6.23. The van der Waals surface area contributed by atoms with Crippen molar-refractivity contribution < 1.29 is 12.8 Å². The molecule has 1 aromatic carbocycles. The molecule has 2 rings (SSSR count). The smallest absolute Gasteiger partial charge is 0.207 e. The van der Waals surface area contributed by atoms with Gasteiger partial charge >= 0.3 is 0 Å². The molecule has 3 nitrogen and oxygen atoms in total. The van der Waals surface area contributed by atoms with Crippen LogP contribution in [0.25, 0.3) is 0 Å². The lowest BCUT2D eigenvalue weighted by molar-refractivity contribution is 0.202. The number of hydrogen-bond acceptors (Lipinski definition) is 2. The third kappa shape index (κ3) is 3.10. The first kappa shape index (κ1) is 16.7. The van der Waals surface area contributed by atoms with Gasteiger partial charge in [0.25, 0.3) is 0 Å². The highest BCUT2D eigenvalue weighted by atomic mass is 35.5. The van der Waals surface area contributed by atoms with Crippen LogP contribution in [-0.2, 0) is 15.9 Å². The highest BCUT2D eigenvalue weighted by molar-refractivity contribution is 7.89. The Hall–Kier alpha value is -0.650. The second-order valence-electron chi connectivity index (χ2n) is 5.82. The van der Waals surface area contributed by atoms with E-state index in [0.29, 0.717) is 18.0 Å². The van der Waals surface area contributed by atoms with Crippen molar-refractivity contribution in [3.63, 3.8) is 0 Å². The van der Waals surface area contributed by atoms with E-state index in [2.05, 4.69) is 6.92 Å². The van der Waals surface area contributed by atoms with E-state index in [0.717, 1.165) is 12.8 Å². The summed E-state index contributed by atoms with van der Waals surface area (Å²) < 4.78 is 41.1. The SMILES string of the molecule is Cc1cc(S(=O)(=O)N2CCCC(C)C2C)cc(CCl)c1F. The summed E-state index contributed by atoms with van der Waals surface area (Å²) >= 11 is 5.72. The molecule has 0 aliphatic carbocycles. The second-order valence-corrected chi connectivity index (χ2v) is 7.98. The third-order valence-corrected chi connectivity index (χ3v) is 6.62. The van der Waals surface area contributed by atoms with E-state index in [1.54, 1.807) is 6.92 Å². The summed E-state index contributed by atoms with van der Waals surface area (Å²) in [5.41, 5.74) is 0.539. The fourth-order valence-corrected chi connectivity index (χ4v) is 4.92. The maximum atomic E-state index is 13.9. The van der Waals surface area contributed by atoms with Gasteiger partial charge in [0.1, 0.15) is 5.82 Å². The minimum atomic E-state index is -3.61. The average molecular weight is 334 g/mol. The van der Waals surface area contributed by atoms with Crippen molar-refractivity contribution in [1.82, 2.24) is 4.31 Å². The van der Waals surface area contributed by atoms with Crippen LogP contribution >= 0.6 is 11.6 Å². The Morgan fingerprint density at radius 2 is 2.05 bits per heavy atom. The first-order chi connectivity index (χ1) is 9.78. The number of nitrogens with zero attached hydrogens (tertiary/aromatic N) is 1. The molecule has 0 bridgehead atoms. The molecule has 1 saturated heterocycles. The summed E-state index contributed by atoms with van der Waals surface area (Å²) in [6.07, 6.45) is 1.88. The number of halogens is 2. The van der Waals surface area contributed by atoms with Crippen molar-refractivity contribution in [2.45, 2.75) is 50.4 Å². The number of sulfonamides is 1. The number of benzene rings is 1. The van der Waals surface area contributed by atoms with Crippen LogP contribution in [-0.4, -0.2) is 25.3 Å². The molecule has 0 spiro atoms. The standard InChI is InChI=1S/C15H21ClFNO2S/c1-10-5-4-6-18(12(10)3)21(19,20)14-7-11(2)15(17)13(8-14)9-16/h7-8,10,12H,4-6,9H2,1-3H3. The van der Waals surface area contributed by atoms with Crippen LogP contribution in [0.15, 0.2) is 17.0 Å². The minimum Gasteiger partial charge on any atom is -0.207 e. The van der Waals surface area contributed by atoms with Gasteiger partial charge in [-0.25, -0.2) is 12.8 Å². The molecule has 0 saturated carbocycles. The molecule has 0 radical (unpaired) electrons. The Morgan fingerprint density at radius 3 is 2.67 bits per heavy atom. The number of piperidine rings is 1. The zero-order chi connectivity index (χ0) is 15.8. The molecule has 0 N–H and O–H groups in total. The predicted molar refractivity (Wildman–Crippen MR) is 82.4 cm³/mol. The zero-order valence-corrected chi connectivity index (χ0v) is 14.1. The summed E-state index contributed by atoms with van der Waals surface area (Å²) in [6.45, 7) is 6.07. The molecule has 1 aliphatic heterocycles.